The Bertz CT molecular complexity index is 474. The van der Waals surface area contributed by atoms with Gasteiger partial charge in [0.1, 0.15) is 0 Å². The summed E-state index contributed by atoms with van der Waals surface area (Å²) in [5.41, 5.74) is 3.45. The molecule has 96 valence electrons. The second kappa shape index (κ2) is 6.23. The summed E-state index contributed by atoms with van der Waals surface area (Å²) >= 11 is 0. The van der Waals surface area contributed by atoms with Gasteiger partial charge >= 0.3 is 5.97 Å². The zero-order valence-corrected chi connectivity index (χ0v) is 11.1. The van der Waals surface area contributed by atoms with Crippen molar-refractivity contribution in [2.45, 2.75) is 26.8 Å². The third kappa shape index (κ3) is 3.61. The number of terminal acetylenes is 1. The van der Waals surface area contributed by atoms with Gasteiger partial charge < -0.3 is 5.11 Å². The SMILES string of the molecule is C#CCN(CC(=O)O)C(C)c1cc(C)ccc1C. The van der Waals surface area contributed by atoms with Gasteiger partial charge in [0.2, 0.25) is 0 Å². The van der Waals surface area contributed by atoms with Crippen LogP contribution in [0.25, 0.3) is 0 Å². The Kier molecular flexibility index (Phi) is 4.94. The maximum Gasteiger partial charge on any atom is 0.317 e. The monoisotopic (exact) mass is 245 g/mol. The molecular formula is C15H19NO2. The molecule has 1 N–H and O–H groups in total. The molecule has 1 aromatic carbocycles. The highest BCUT2D eigenvalue weighted by atomic mass is 16.4. The number of rotatable bonds is 5. The number of hydrogen-bond acceptors (Lipinski definition) is 2. The average molecular weight is 245 g/mol. The quantitative estimate of drug-likeness (QED) is 0.810. The Morgan fingerprint density at radius 2 is 2.17 bits per heavy atom. The van der Waals surface area contributed by atoms with Crippen LogP contribution in [0.4, 0.5) is 0 Å². The van der Waals surface area contributed by atoms with E-state index < -0.39 is 5.97 Å². The van der Waals surface area contributed by atoms with Gasteiger partial charge in [-0.2, -0.15) is 0 Å². The molecule has 3 nitrogen and oxygen atoms in total. The highest BCUT2D eigenvalue weighted by molar-refractivity contribution is 5.69. The molecule has 0 radical (unpaired) electrons. The number of hydrogen-bond donors (Lipinski definition) is 1. The molecule has 0 saturated heterocycles. The van der Waals surface area contributed by atoms with Crippen LogP contribution in [0.3, 0.4) is 0 Å². The molecule has 0 aliphatic carbocycles. The van der Waals surface area contributed by atoms with Crippen molar-refractivity contribution in [3.8, 4) is 12.3 Å². The summed E-state index contributed by atoms with van der Waals surface area (Å²) in [4.78, 5) is 12.6. The standard InChI is InChI=1S/C15H19NO2/c1-5-8-16(10-15(17)18)13(4)14-9-11(2)6-7-12(14)3/h1,6-7,9,13H,8,10H2,2-4H3,(H,17,18). The summed E-state index contributed by atoms with van der Waals surface area (Å²) in [7, 11) is 0. The van der Waals surface area contributed by atoms with Crippen molar-refractivity contribution in [2.75, 3.05) is 13.1 Å². The minimum absolute atomic E-state index is 0.00273. The van der Waals surface area contributed by atoms with E-state index in [4.69, 9.17) is 11.5 Å². The Hall–Kier alpha value is -1.79. The maximum absolute atomic E-state index is 10.9. The van der Waals surface area contributed by atoms with E-state index in [-0.39, 0.29) is 12.6 Å². The highest BCUT2D eigenvalue weighted by Crippen LogP contribution is 2.24. The fourth-order valence-corrected chi connectivity index (χ4v) is 2.03. The fraction of sp³-hybridized carbons (Fsp3) is 0.400. The summed E-state index contributed by atoms with van der Waals surface area (Å²) in [5, 5.41) is 8.92. The minimum atomic E-state index is -0.859. The molecule has 1 rings (SSSR count). The summed E-state index contributed by atoms with van der Waals surface area (Å²) < 4.78 is 0. The molecule has 0 spiro atoms. The van der Waals surface area contributed by atoms with Crippen LogP contribution < -0.4 is 0 Å². The molecule has 0 aliphatic heterocycles. The van der Waals surface area contributed by atoms with Gasteiger partial charge in [-0.25, -0.2) is 0 Å². The smallest absolute Gasteiger partial charge is 0.317 e. The third-order valence-electron chi connectivity index (χ3n) is 3.07. The maximum atomic E-state index is 10.9. The number of carboxylic acids is 1. The molecule has 1 unspecified atom stereocenters. The predicted octanol–water partition coefficient (Wildman–Crippen LogP) is 2.38. The van der Waals surface area contributed by atoms with Crippen LogP contribution in [0, 0.1) is 26.2 Å². The lowest BCUT2D eigenvalue weighted by molar-refractivity contribution is -0.138. The second-order valence-electron chi connectivity index (χ2n) is 4.54. The largest absolute Gasteiger partial charge is 0.480 e. The molecule has 0 heterocycles. The Labute approximate surface area is 108 Å². The first kappa shape index (κ1) is 14.3. The Morgan fingerprint density at radius 1 is 1.50 bits per heavy atom. The van der Waals surface area contributed by atoms with Gasteiger partial charge in [-0.1, -0.05) is 29.7 Å². The molecule has 0 aliphatic rings. The summed E-state index contributed by atoms with van der Waals surface area (Å²) in [6, 6.07) is 6.19. The van der Waals surface area contributed by atoms with Gasteiger partial charge in [-0.3, -0.25) is 9.69 Å². The summed E-state index contributed by atoms with van der Waals surface area (Å²) in [5.74, 6) is 1.66. The molecule has 0 saturated carbocycles. The molecule has 3 heteroatoms. The lowest BCUT2D eigenvalue weighted by Gasteiger charge is -2.27. The highest BCUT2D eigenvalue weighted by Gasteiger charge is 2.19. The van der Waals surface area contributed by atoms with Crippen molar-refractivity contribution < 1.29 is 9.90 Å². The molecular weight excluding hydrogens is 226 g/mol. The van der Waals surface area contributed by atoms with Crippen LogP contribution in [0.1, 0.15) is 29.7 Å². The van der Waals surface area contributed by atoms with E-state index in [1.807, 2.05) is 26.8 Å². The Morgan fingerprint density at radius 3 is 2.72 bits per heavy atom. The van der Waals surface area contributed by atoms with E-state index >= 15 is 0 Å². The van der Waals surface area contributed by atoms with Crippen molar-refractivity contribution in [3.05, 3.63) is 34.9 Å². The van der Waals surface area contributed by atoms with E-state index in [1.54, 1.807) is 4.90 Å². The van der Waals surface area contributed by atoms with Crippen LogP contribution in [0.15, 0.2) is 18.2 Å². The number of aryl methyl sites for hydroxylation is 2. The van der Waals surface area contributed by atoms with Crippen molar-refractivity contribution in [1.29, 1.82) is 0 Å². The van der Waals surface area contributed by atoms with Gasteiger partial charge in [-0.15, -0.1) is 6.42 Å². The molecule has 18 heavy (non-hydrogen) atoms. The van der Waals surface area contributed by atoms with Gasteiger partial charge in [-0.05, 0) is 31.9 Å². The van der Waals surface area contributed by atoms with Gasteiger partial charge in [0.05, 0.1) is 13.1 Å². The number of nitrogens with zero attached hydrogens (tertiary/aromatic N) is 1. The first-order valence-electron chi connectivity index (χ1n) is 5.92. The normalized spacial score (nSPS) is 12.2. The topological polar surface area (TPSA) is 40.5 Å². The lowest BCUT2D eigenvalue weighted by atomic mass is 9.99. The van der Waals surface area contributed by atoms with Crippen molar-refractivity contribution >= 4 is 5.97 Å². The molecule has 1 atom stereocenters. The van der Waals surface area contributed by atoms with Crippen LogP contribution in [-0.4, -0.2) is 29.1 Å². The van der Waals surface area contributed by atoms with E-state index in [0.29, 0.717) is 6.54 Å². The molecule has 0 bridgehead atoms. The zero-order chi connectivity index (χ0) is 13.7. The van der Waals surface area contributed by atoms with Crippen molar-refractivity contribution in [2.24, 2.45) is 0 Å². The van der Waals surface area contributed by atoms with Crippen molar-refractivity contribution in [3.63, 3.8) is 0 Å². The molecule has 1 aromatic rings. The first-order valence-corrected chi connectivity index (χ1v) is 5.92. The van der Waals surface area contributed by atoms with Gasteiger partial charge in [0.25, 0.3) is 0 Å². The number of carboxylic acid groups (broad SMARTS) is 1. The second-order valence-corrected chi connectivity index (χ2v) is 4.54. The van der Waals surface area contributed by atoms with Crippen LogP contribution >= 0.6 is 0 Å². The van der Waals surface area contributed by atoms with Crippen LogP contribution in [0.5, 0.6) is 0 Å². The molecule has 0 fully saturated rings. The van der Waals surface area contributed by atoms with E-state index in [1.165, 1.54) is 5.56 Å². The zero-order valence-electron chi connectivity index (χ0n) is 11.1. The lowest BCUT2D eigenvalue weighted by Crippen LogP contribution is -2.33. The minimum Gasteiger partial charge on any atom is -0.480 e. The number of benzene rings is 1. The summed E-state index contributed by atoms with van der Waals surface area (Å²) in [6.45, 7) is 6.33. The Balaban J connectivity index is 3.01. The van der Waals surface area contributed by atoms with Crippen LogP contribution in [-0.2, 0) is 4.79 Å². The molecule has 0 amide bonds. The first-order chi connectivity index (χ1) is 8.45. The van der Waals surface area contributed by atoms with Crippen LogP contribution in [0.2, 0.25) is 0 Å². The number of aliphatic carboxylic acids is 1. The van der Waals surface area contributed by atoms with E-state index in [0.717, 1.165) is 11.1 Å². The van der Waals surface area contributed by atoms with Crippen molar-refractivity contribution in [1.82, 2.24) is 4.90 Å². The predicted molar refractivity (Wildman–Crippen MR) is 72.4 cm³/mol. The van der Waals surface area contributed by atoms with Gasteiger partial charge in [0.15, 0.2) is 0 Å². The fourth-order valence-electron chi connectivity index (χ4n) is 2.03. The van der Waals surface area contributed by atoms with E-state index in [2.05, 4.69) is 18.1 Å². The third-order valence-corrected chi connectivity index (χ3v) is 3.07. The molecule has 0 aromatic heterocycles. The summed E-state index contributed by atoms with van der Waals surface area (Å²) in [6.07, 6.45) is 5.30. The average Bonchev–Trinajstić information content (AvgIpc) is 2.30. The number of carbonyl (C=O) groups is 1. The van der Waals surface area contributed by atoms with E-state index in [9.17, 15) is 4.79 Å². The van der Waals surface area contributed by atoms with Gasteiger partial charge in [0, 0.05) is 6.04 Å².